The van der Waals surface area contributed by atoms with Crippen molar-refractivity contribution in [1.29, 1.82) is 0 Å². The van der Waals surface area contributed by atoms with E-state index in [1.807, 2.05) is 30.9 Å². The summed E-state index contributed by atoms with van der Waals surface area (Å²) in [7, 11) is 7.14. The fourth-order valence-electron chi connectivity index (χ4n) is 5.46. The molecular formula is C30H28B2ClFN6O3. The molecule has 5 aromatic rings. The Morgan fingerprint density at radius 1 is 1.16 bits per heavy atom. The number of benzene rings is 2. The molecule has 13 heteroatoms. The van der Waals surface area contributed by atoms with Crippen LogP contribution >= 0.6 is 11.6 Å². The summed E-state index contributed by atoms with van der Waals surface area (Å²) in [5.74, 6) is 0.295. The summed E-state index contributed by atoms with van der Waals surface area (Å²) < 4.78 is 24.8. The lowest BCUT2D eigenvalue weighted by atomic mass is 9.74. The molecule has 2 aromatic carbocycles. The lowest BCUT2D eigenvalue weighted by molar-refractivity contribution is 0.179. The van der Waals surface area contributed by atoms with Crippen LogP contribution in [0.15, 0.2) is 60.9 Å². The molecule has 0 saturated heterocycles. The highest BCUT2D eigenvalue weighted by atomic mass is 35.5. The third-order valence-corrected chi connectivity index (χ3v) is 7.83. The lowest BCUT2D eigenvalue weighted by Crippen LogP contribution is -2.31. The van der Waals surface area contributed by atoms with Crippen molar-refractivity contribution in [1.82, 2.24) is 24.5 Å². The molecule has 2 radical (unpaired) electrons. The van der Waals surface area contributed by atoms with Gasteiger partial charge in [-0.25, -0.2) is 9.37 Å². The number of rotatable bonds is 5. The van der Waals surface area contributed by atoms with E-state index < -0.39 is 18.4 Å². The first-order valence-electron chi connectivity index (χ1n) is 13.8. The highest BCUT2D eigenvalue weighted by Gasteiger charge is 2.31. The summed E-state index contributed by atoms with van der Waals surface area (Å²) in [5, 5.41) is 31.8. The zero-order valence-corrected chi connectivity index (χ0v) is 24.6. The van der Waals surface area contributed by atoms with Gasteiger partial charge in [0.15, 0.2) is 16.7 Å². The third-order valence-electron chi connectivity index (χ3n) is 7.53. The van der Waals surface area contributed by atoms with E-state index in [1.54, 1.807) is 48.1 Å². The first kappa shape index (κ1) is 29.0. The van der Waals surface area contributed by atoms with Gasteiger partial charge < -0.3 is 20.1 Å². The maximum absolute atomic E-state index is 14.7. The van der Waals surface area contributed by atoms with Gasteiger partial charge in [0.05, 0.1) is 16.9 Å². The number of ether oxygens (including phenoxy) is 1. The molecular weight excluding hydrogens is 568 g/mol. The molecule has 0 amide bonds. The Bertz CT molecular complexity index is 1820. The summed E-state index contributed by atoms with van der Waals surface area (Å²) in [6, 6.07) is 13.1. The molecule has 0 fully saturated rings. The van der Waals surface area contributed by atoms with Crippen molar-refractivity contribution in [3.05, 3.63) is 94.1 Å². The normalized spacial score (nSPS) is 15.8. The van der Waals surface area contributed by atoms with Gasteiger partial charge in [-0.2, -0.15) is 10.2 Å². The smallest absolute Gasteiger partial charge is 0.488 e. The summed E-state index contributed by atoms with van der Waals surface area (Å²) >= 11 is 6.74. The van der Waals surface area contributed by atoms with E-state index in [9.17, 15) is 14.4 Å². The van der Waals surface area contributed by atoms with Gasteiger partial charge in [-0.05, 0) is 54.7 Å². The van der Waals surface area contributed by atoms with Crippen molar-refractivity contribution in [3.8, 4) is 28.3 Å². The fourth-order valence-corrected chi connectivity index (χ4v) is 5.71. The molecule has 1 aliphatic rings. The molecule has 0 aliphatic carbocycles. The van der Waals surface area contributed by atoms with Gasteiger partial charge in [-0.15, -0.1) is 0 Å². The van der Waals surface area contributed by atoms with E-state index in [2.05, 4.69) is 10.4 Å². The molecule has 0 spiro atoms. The van der Waals surface area contributed by atoms with Crippen LogP contribution in [-0.4, -0.2) is 49.6 Å². The van der Waals surface area contributed by atoms with Crippen molar-refractivity contribution in [3.63, 3.8) is 0 Å². The number of halogens is 2. The van der Waals surface area contributed by atoms with Gasteiger partial charge >= 0.3 is 7.12 Å². The molecule has 216 valence electrons. The van der Waals surface area contributed by atoms with E-state index in [-0.39, 0.29) is 0 Å². The van der Waals surface area contributed by atoms with E-state index in [0.29, 0.717) is 58.5 Å². The molecule has 0 unspecified atom stereocenters. The number of nitrogens with one attached hydrogen (secondary N) is 1. The number of pyridine rings is 1. The second-order valence-corrected chi connectivity index (χ2v) is 11.1. The first-order chi connectivity index (χ1) is 20.5. The average Bonchev–Trinajstić information content (AvgIpc) is 3.50. The zero-order valence-electron chi connectivity index (χ0n) is 23.8. The van der Waals surface area contributed by atoms with E-state index in [1.165, 1.54) is 12.1 Å². The molecule has 0 saturated carbocycles. The van der Waals surface area contributed by atoms with Crippen LogP contribution in [0.3, 0.4) is 0 Å². The summed E-state index contributed by atoms with van der Waals surface area (Å²) in [5.41, 5.74) is 4.65. The predicted molar refractivity (Wildman–Crippen MR) is 165 cm³/mol. The van der Waals surface area contributed by atoms with Crippen LogP contribution < -0.4 is 15.5 Å². The summed E-state index contributed by atoms with van der Waals surface area (Å²) in [6.45, 7) is 4.59. The van der Waals surface area contributed by atoms with Gasteiger partial charge in [0.2, 0.25) is 0 Å². The van der Waals surface area contributed by atoms with E-state index in [4.69, 9.17) is 34.3 Å². The molecule has 3 N–H and O–H groups in total. The average molecular weight is 597 g/mol. The molecule has 1 aliphatic heterocycles. The number of nitrogens with zero attached hydrogens (tertiary/aromatic N) is 5. The van der Waals surface area contributed by atoms with Crippen LogP contribution in [0.4, 0.5) is 10.2 Å². The molecule has 2 bridgehead atoms. The summed E-state index contributed by atoms with van der Waals surface area (Å²) in [6.07, 6.45) is 4.06. The van der Waals surface area contributed by atoms with Crippen LogP contribution in [0.5, 0.6) is 5.75 Å². The monoisotopic (exact) mass is 596 g/mol. The number of hydrogen-bond acceptors (Lipinski definition) is 7. The molecule has 43 heavy (non-hydrogen) atoms. The van der Waals surface area contributed by atoms with E-state index in [0.717, 1.165) is 27.9 Å². The molecule has 9 nitrogen and oxygen atoms in total. The number of anilines is 1. The van der Waals surface area contributed by atoms with Gasteiger partial charge in [-0.3, -0.25) is 9.36 Å². The maximum Gasteiger partial charge on any atom is 0.488 e. The molecule has 4 heterocycles. The van der Waals surface area contributed by atoms with Crippen molar-refractivity contribution >= 4 is 37.8 Å². The number of hydrogen-bond donors (Lipinski definition) is 3. The first-order valence-corrected chi connectivity index (χ1v) is 14.2. The summed E-state index contributed by atoms with van der Waals surface area (Å²) in [4.78, 5) is 4.71. The van der Waals surface area contributed by atoms with Crippen LogP contribution in [0.1, 0.15) is 36.1 Å². The Hall–Kier alpha value is -4.12. The quantitative estimate of drug-likeness (QED) is 0.265. The number of aromatic nitrogens is 5. The Morgan fingerprint density at radius 3 is 2.65 bits per heavy atom. The van der Waals surface area contributed by atoms with Gasteiger partial charge in [0.1, 0.15) is 13.7 Å². The maximum atomic E-state index is 14.7. The van der Waals surface area contributed by atoms with Gasteiger partial charge in [-0.1, -0.05) is 35.9 Å². The second-order valence-electron chi connectivity index (χ2n) is 10.7. The lowest BCUT2D eigenvalue weighted by Gasteiger charge is -2.31. The third kappa shape index (κ3) is 5.53. The Labute approximate surface area is 254 Å². The van der Waals surface area contributed by atoms with Gasteiger partial charge in [0, 0.05) is 61.2 Å². The molecule has 3 aromatic heterocycles. The van der Waals surface area contributed by atoms with Crippen LogP contribution in [0.25, 0.3) is 22.5 Å². The highest BCUT2D eigenvalue weighted by molar-refractivity contribution is 6.58. The van der Waals surface area contributed by atoms with E-state index >= 15 is 0 Å². The Balaban J connectivity index is 1.51. The Morgan fingerprint density at radius 2 is 1.93 bits per heavy atom. The number of aryl methyl sites for hydroxylation is 2. The minimum atomic E-state index is -1.55. The largest absolute Gasteiger partial charge is 0.489 e. The topological polar surface area (TPSA) is 110 Å². The predicted octanol–water partition coefficient (Wildman–Crippen LogP) is 3.77. The highest BCUT2D eigenvalue weighted by Crippen LogP contribution is 2.41. The van der Waals surface area contributed by atoms with Crippen LogP contribution in [0.2, 0.25) is 5.15 Å². The Kier molecular flexibility index (Phi) is 7.53. The standard InChI is InChI=1S/C30H28B2ClFN6O3/c1-4-40-27-18-12-25(29(36-15-18)35-14-17-5-7-20(8-6-17)32(41)42)43-30(2,31)24-13-21(34)9-10-22(24)26-19(16-39(3)37-26)11-23(27)28(33)38-40/h5-10,12-13,15-16,41-42H,4,11,14H2,1-3H3,(H,35,36)/t30-/m1/s1. The minimum absolute atomic E-state index is 0.341. The van der Waals surface area contributed by atoms with Crippen LogP contribution in [-0.2, 0) is 32.1 Å². The van der Waals surface area contributed by atoms with Crippen LogP contribution in [0, 0.1) is 5.82 Å². The SMILES string of the molecule is [B][C@]1(C)Oc2cc(cnc2NCc2ccc(B(O)O)cc2)-c2c(c(Cl)nn2CC)Cc2cn(C)nc2-c2ccc(F)cc21. The number of fused-ring (bicyclic) bond motifs is 7. The fraction of sp³-hybridized carbons (Fsp3) is 0.233. The molecule has 6 rings (SSSR count). The van der Waals surface area contributed by atoms with Crippen molar-refractivity contribution in [2.75, 3.05) is 5.32 Å². The van der Waals surface area contributed by atoms with Crippen molar-refractivity contribution in [2.24, 2.45) is 7.05 Å². The second kappa shape index (κ2) is 11.2. The van der Waals surface area contributed by atoms with Crippen molar-refractivity contribution < 1.29 is 19.2 Å². The van der Waals surface area contributed by atoms with Crippen molar-refractivity contribution in [2.45, 2.75) is 38.9 Å². The van der Waals surface area contributed by atoms with Gasteiger partial charge in [0.25, 0.3) is 0 Å². The molecule has 1 atom stereocenters. The zero-order chi connectivity index (χ0) is 30.5. The minimum Gasteiger partial charge on any atom is -0.489 e.